The molecule has 4 aromatic rings. The van der Waals surface area contributed by atoms with Crippen molar-refractivity contribution in [1.29, 1.82) is 0 Å². The first-order valence-electron chi connectivity index (χ1n) is 9.46. The third-order valence-electron chi connectivity index (χ3n) is 4.48. The quantitative estimate of drug-likeness (QED) is 0.361. The van der Waals surface area contributed by atoms with Crippen molar-refractivity contribution in [1.82, 2.24) is 15.2 Å². The highest BCUT2D eigenvalue weighted by Crippen LogP contribution is 2.22. The van der Waals surface area contributed by atoms with Crippen molar-refractivity contribution in [2.24, 2.45) is 5.10 Å². The Kier molecular flexibility index (Phi) is 6.01. The SMILES string of the molecule is O=C(Cc1ccc(Cl)cc1)N/N=C/c1cn(-c2ccccc2)nc1-c1ccccc1. The summed E-state index contributed by atoms with van der Waals surface area (Å²) in [5.41, 5.74) is 6.96. The highest BCUT2D eigenvalue weighted by Gasteiger charge is 2.11. The lowest BCUT2D eigenvalue weighted by Gasteiger charge is -2.01. The van der Waals surface area contributed by atoms with Gasteiger partial charge in [-0.25, -0.2) is 10.1 Å². The van der Waals surface area contributed by atoms with Gasteiger partial charge in [0.25, 0.3) is 0 Å². The van der Waals surface area contributed by atoms with E-state index >= 15 is 0 Å². The van der Waals surface area contributed by atoms with Gasteiger partial charge in [-0.15, -0.1) is 0 Å². The first kappa shape index (κ1) is 19.6. The normalized spacial score (nSPS) is 11.0. The fraction of sp³-hybridized carbons (Fsp3) is 0.0417. The topological polar surface area (TPSA) is 59.3 Å². The molecule has 5 nitrogen and oxygen atoms in total. The fourth-order valence-corrected chi connectivity index (χ4v) is 3.14. The Morgan fingerprint density at radius 3 is 2.33 bits per heavy atom. The molecule has 0 bridgehead atoms. The minimum atomic E-state index is -0.203. The van der Waals surface area contributed by atoms with Crippen molar-refractivity contribution in [3.63, 3.8) is 0 Å². The molecule has 0 aliphatic carbocycles. The molecule has 0 saturated heterocycles. The van der Waals surface area contributed by atoms with Crippen LogP contribution in [-0.2, 0) is 11.2 Å². The van der Waals surface area contributed by atoms with Crippen LogP contribution in [0.25, 0.3) is 16.9 Å². The minimum absolute atomic E-state index is 0.203. The molecule has 3 aromatic carbocycles. The Bertz CT molecular complexity index is 1150. The van der Waals surface area contributed by atoms with E-state index in [2.05, 4.69) is 10.5 Å². The van der Waals surface area contributed by atoms with Crippen LogP contribution in [0.2, 0.25) is 5.02 Å². The van der Waals surface area contributed by atoms with Gasteiger partial charge in [0.15, 0.2) is 0 Å². The van der Waals surface area contributed by atoms with Crippen molar-refractivity contribution < 1.29 is 4.79 Å². The minimum Gasteiger partial charge on any atom is -0.273 e. The summed E-state index contributed by atoms with van der Waals surface area (Å²) < 4.78 is 1.80. The number of hydrazone groups is 1. The fourth-order valence-electron chi connectivity index (χ4n) is 3.02. The van der Waals surface area contributed by atoms with Gasteiger partial charge >= 0.3 is 0 Å². The van der Waals surface area contributed by atoms with Crippen LogP contribution in [0.1, 0.15) is 11.1 Å². The lowest BCUT2D eigenvalue weighted by atomic mass is 10.1. The lowest BCUT2D eigenvalue weighted by Crippen LogP contribution is -2.19. The number of nitrogens with zero attached hydrogens (tertiary/aromatic N) is 3. The average Bonchev–Trinajstić information content (AvgIpc) is 3.21. The number of para-hydroxylation sites is 1. The molecule has 0 aliphatic rings. The molecule has 148 valence electrons. The van der Waals surface area contributed by atoms with E-state index in [1.54, 1.807) is 23.0 Å². The van der Waals surface area contributed by atoms with E-state index in [0.29, 0.717) is 5.02 Å². The summed E-state index contributed by atoms with van der Waals surface area (Å²) in [6.07, 6.45) is 3.74. The second kappa shape index (κ2) is 9.20. The summed E-state index contributed by atoms with van der Waals surface area (Å²) >= 11 is 5.88. The first-order chi connectivity index (χ1) is 14.7. The zero-order valence-corrected chi connectivity index (χ0v) is 16.8. The zero-order valence-electron chi connectivity index (χ0n) is 16.1. The lowest BCUT2D eigenvalue weighted by molar-refractivity contribution is -0.120. The van der Waals surface area contributed by atoms with Gasteiger partial charge in [-0.05, 0) is 29.8 Å². The Hall–Kier alpha value is -3.70. The summed E-state index contributed by atoms with van der Waals surface area (Å²) in [5.74, 6) is -0.203. The summed E-state index contributed by atoms with van der Waals surface area (Å²) in [4.78, 5) is 12.2. The maximum atomic E-state index is 12.2. The molecule has 0 unspecified atom stereocenters. The number of carbonyl (C=O) groups excluding carboxylic acids is 1. The average molecular weight is 415 g/mol. The summed E-state index contributed by atoms with van der Waals surface area (Å²) in [5, 5.41) is 9.51. The number of hydrogen-bond acceptors (Lipinski definition) is 3. The van der Waals surface area contributed by atoms with Crippen LogP contribution in [0.15, 0.2) is 96.2 Å². The molecule has 0 saturated carbocycles. The molecule has 30 heavy (non-hydrogen) atoms. The van der Waals surface area contributed by atoms with Crippen molar-refractivity contribution in [3.05, 3.63) is 107 Å². The van der Waals surface area contributed by atoms with Gasteiger partial charge in [0.2, 0.25) is 5.91 Å². The predicted octanol–water partition coefficient (Wildman–Crippen LogP) is 4.89. The van der Waals surface area contributed by atoms with Crippen molar-refractivity contribution in [2.45, 2.75) is 6.42 Å². The molecule has 1 heterocycles. The Labute approximate surface area is 179 Å². The van der Waals surface area contributed by atoms with Crippen molar-refractivity contribution >= 4 is 23.7 Å². The largest absolute Gasteiger partial charge is 0.273 e. The molecular formula is C24H19ClN4O. The predicted molar refractivity (Wildman–Crippen MR) is 120 cm³/mol. The molecule has 1 N–H and O–H groups in total. The molecular weight excluding hydrogens is 396 g/mol. The molecule has 6 heteroatoms. The van der Waals surface area contributed by atoms with Gasteiger partial charge in [0.05, 0.1) is 18.3 Å². The maximum absolute atomic E-state index is 12.2. The standard InChI is InChI=1S/C24H19ClN4O/c25-21-13-11-18(12-14-21)15-23(30)27-26-16-20-17-29(22-9-5-2-6-10-22)28-24(20)19-7-3-1-4-8-19/h1-14,16-17H,15H2,(H,27,30)/b26-16+. The van der Waals surface area contributed by atoms with Gasteiger partial charge < -0.3 is 0 Å². The summed E-state index contributed by atoms with van der Waals surface area (Å²) in [6.45, 7) is 0. The summed E-state index contributed by atoms with van der Waals surface area (Å²) in [6, 6.07) is 26.9. The second-order valence-electron chi connectivity index (χ2n) is 6.68. The molecule has 1 aromatic heterocycles. The zero-order chi connectivity index (χ0) is 20.8. The molecule has 0 radical (unpaired) electrons. The number of carbonyl (C=O) groups is 1. The van der Waals surface area contributed by atoms with Crippen molar-refractivity contribution in [2.75, 3.05) is 0 Å². The summed E-state index contributed by atoms with van der Waals surface area (Å²) in [7, 11) is 0. The third-order valence-corrected chi connectivity index (χ3v) is 4.73. The van der Waals surface area contributed by atoms with Gasteiger partial charge in [-0.3, -0.25) is 4.79 Å². The number of benzene rings is 3. The van der Waals surface area contributed by atoms with E-state index in [4.69, 9.17) is 16.7 Å². The van der Waals surface area contributed by atoms with Gasteiger partial charge in [-0.1, -0.05) is 72.3 Å². The van der Waals surface area contributed by atoms with Gasteiger partial charge in [0, 0.05) is 22.3 Å². The van der Waals surface area contributed by atoms with Crippen LogP contribution in [0.4, 0.5) is 0 Å². The molecule has 0 atom stereocenters. The number of rotatable bonds is 6. The highest BCUT2D eigenvalue weighted by atomic mass is 35.5. The number of amides is 1. The monoisotopic (exact) mass is 414 g/mol. The number of halogens is 1. The highest BCUT2D eigenvalue weighted by molar-refractivity contribution is 6.30. The number of nitrogens with one attached hydrogen (secondary N) is 1. The van der Waals surface area contributed by atoms with Gasteiger partial charge in [0.1, 0.15) is 5.69 Å². The van der Waals surface area contributed by atoms with Crippen LogP contribution in [0, 0.1) is 0 Å². The van der Waals surface area contributed by atoms with E-state index in [-0.39, 0.29) is 12.3 Å². The maximum Gasteiger partial charge on any atom is 0.244 e. The van der Waals surface area contributed by atoms with Crippen LogP contribution < -0.4 is 5.43 Å². The Morgan fingerprint density at radius 1 is 0.967 bits per heavy atom. The second-order valence-corrected chi connectivity index (χ2v) is 7.11. The van der Waals surface area contributed by atoms with E-state index in [0.717, 1.165) is 28.1 Å². The molecule has 0 aliphatic heterocycles. The molecule has 1 amide bonds. The van der Waals surface area contributed by atoms with E-state index < -0.39 is 0 Å². The van der Waals surface area contributed by atoms with Gasteiger partial charge in [-0.2, -0.15) is 10.2 Å². The van der Waals surface area contributed by atoms with Crippen LogP contribution >= 0.6 is 11.6 Å². The number of aromatic nitrogens is 2. The smallest absolute Gasteiger partial charge is 0.244 e. The Balaban J connectivity index is 1.54. The molecule has 4 rings (SSSR count). The van der Waals surface area contributed by atoms with Crippen LogP contribution in [0.3, 0.4) is 0 Å². The third kappa shape index (κ3) is 4.82. The van der Waals surface area contributed by atoms with Crippen LogP contribution in [-0.4, -0.2) is 21.9 Å². The van der Waals surface area contributed by atoms with E-state index in [9.17, 15) is 4.79 Å². The van der Waals surface area contributed by atoms with Crippen molar-refractivity contribution in [3.8, 4) is 16.9 Å². The van der Waals surface area contributed by atoms with Crippen LogP contribution in [0.5, 0.6) is 0 Å². The van der Waals surface area contributed by atoms with E-state index in [1.807, 2.05) is 79.0 Å². The molecule has 0 fully saturated rings. The van der Waals surface area contributed by atoms with E-state index in [1.165, 1.54) is 0 Å². The molecule has 0 spiro atoms. The first-order valence-corrected chi connectivity index (χ1v) is 9.84. The number of hydrogen-bond donors (Lipinski definition) is 1. The Morgan fingerprint density at radius 2 is 1.63 bits per heavy atom.